The molecule has 164 valence electrons. The number of nitrogens with one attached hydrogen (secondary N) is 2. The molecule has 0 radical (unpaired) electrons. The predicted octanol–water partition coefficient (Wildman–Crippen LogP) is 3.39. The number of nitrogens with zero attached hydrogens (tertiary/aromatic N) is 4. The molecule has 1 fully saturated rings. The van der Waals surface area contributed by atoms with Crippen molar-refractivity contribution in [2.75, 3.05) is 43.4 Å². The van der Waals surface area contributed by atoms with Gasteiger partial charge in [0.1, 0.15) is 5.65 Å². The van der Waals surface area contributed by atoms with Gasteiger partial charge < -0.3 is 20.1 Å². The third kappa shape index (κ3) is 3.87. The average Bonchev–Trinajstić information content (AvgIpc) is 3.14. The first-order valence-corrected chi connectivity index (χ1v) is 11.0. The summed E-state index contributed by atoms with van der Waals surface area (Å²) >= 11 is 0. The molecule has 0 amide bonds. The van der Waals surface area contributed by atoms with Gasteiger partial charge in [0.25, 0.3) is 5.56 Å². The third-order valence-corrected chi connectivity index (χ3v) is 6.17. The SMILES string of the molecule is Cc1nn(-c2ccccc2)c2[nH]c(=O)c(CNc3ccccc3N3CCN(C)CC3)cc12. The summed E-state index contributed by atoms with van der Waals surface area (Å²) in [5, 5.41) is 9.11. The van der Waals surface area contributed by atoms with Crippen LogP contribution in [0.2, 0.25) is 0 Å². The molecular formula is C25H28N6O. The fraction of sp³-hybridized carbons (Fsp3) is 0.280. The number of piperazine rings is 1. The predicted molar refractivity (Wildman–Crippen MR) is 130 cm³/mol. The molecule has 0 atom stereocenters. The van der Waals surface area contributed by atoms with Gasteiger partial charge in [-0.2, -0.15) is 5.10 Å². The van der Waals surface area contributed by atoms with Gasteiger partial charge in [-0.15, -0.1) is 0 Å². The van der Waals surface area contributed by atoms with Crippen LogP contribution in [0, 0.1) is 6.92 Å². The highest BCUT2D eigenvalue weighted by molar-refractivity contribution is 5.80. The summed E-state index contributed by atoms with van der Waals surface area (Å²) in [6, 6.07) is 20.1. The Balaban J connectivity index is 1.42. The van der Waals surface area contributed by atoms with E-state index in [-0.39, 0.29) is 5.56 Å². The first kappa shape index (κ1) is 20.3. The Morgan fingerprint density at radius 1 is 1.00 bits per heavy atom. The van der Waals surface area contributed by atoms with Crippen LogP contribution in [0.1, 0.15) is 11.3 Å². The van der Waals surface area contributed by atoms with Crippen LogP contribution >= 0.6 is 0 Å². The van der Waals surface area contributed by atoms with Crippen molar-refractivity contribution in [3.63, 3.8) is 0 Å². The molecular weight excluding hydrogens is 400 g/mol. The normalized spacial score (nSPS) is 14.8. The topological polar surface area (TPSA) is 69.2 Å². The molecule has 7 nitrogen and oxygen atoms in total. The zero-order chi connectivity index (χ0) is 22.1. The highest BCUT2D eigenvalue weighted by Crippen LogP contribution is 2.27. The number of para-hydroxylation sites is 3. The monoisotopic (exact) mass is 428 g/mol. The van der Waals surface area contributed by atoms with Crippen molar-refractivity contribution < 1.29 is 0 Å². The number of rotatable bonds is 5. The highest BCUT2D eigenvalue weighted by atomic mass is 16.1. The van der Waals surface area contributed by atoms with Gasteiger partial charge in [0.15, 0.2) is 0 Å². The lowest BCUT2D eigenvalue weighted by atomic mass is 10.1. The molecule has 2 aromatic carbocycles. The molecule has 0 unspecified atom stereocenters. The second-order valence-electron chi connectivity index (χ2n) is 8.38. The summed E-state index contributed by atoms with van der Waals surface area (Å²) in [5.41, 5.74) is 5.37. The standard InChI is InChI=1S/C25H28N6O/c1-18-21-16-19(25(32)27-24(21)31(28-18)20-8-4-3-5-9-20)17-26-22-10-6-7-11-23(22)30-14-12-29(2)13-15-30/h3-11,16,26H,12-15,17H2,1-2H3,(H,27,32). The van der Waals surface area contributed by atoms with E-state index in [0.29, 0.717) is 12.1 Å². The van der Waals surface area contributed by atoms with Crippen LogP contribution < -0.4 is 15.8 Å². The lowest BCUT2D eigenvalue weighted by molar-refractivity contribution is 0.313. The minimum Gasteiger partial charge on any atom is -0.379 e. The van der Waals surface area contributed by atoms with Crippen molar-refractivity contribution in [2.45, 2.75) is 13.5 Å². The second-order valence-corrected chi connectivity index (χ2v) is 8.38. The van der Waals surface area contributed by atoms with E-state index in [2.05, 4.69) is 50.4 Å². The number of H-pyrrole nitrogens is 1. The summed E-state index contributed by atoms with van der Waals surface area (Å²) in [4.78, 5) is 20.7. The number of aromatic amines is 1. The molecule has 0 spiro atoms. The Morgan fingerprint density at radius 3 is 2.50 bits per heavy atom. The van der Waals surface area contributed by atoms with Crippen LogP contribution in [0.15, 0.2) is 65.5 Å². The summed E-state index contributed by atoms with van der Waals surface area (Å²) in [5.74, 6) is 0. The minimum absolute atomic E-state index is 0.0980. The summed E-state index contributed by atoms with van der Waals surface area (Å²) in [6.07, 6.45) is 0. The number of hydrogen-bond acceptors (Lipinski definition) is 5. The Bertz CT molecular complexity index is 1290. The van der Waals surface area contributed by atoms with Crippen molar-refractivity contribution in [1.29, 1.82) is 0 Å². The number of aromatic nitrogens is 3. The number of benzene rings is 2. The fourth-order valence-electron chi connectivity index (χ4n) is 4.28. The molecule has 1 aliphatic heterocycles. The van der Waals surface area contributed by atoms with Crippen molar-refractivity contribution in [2.24, 2.45) is 0 Å². The number of fused-ring (bicyclic) bond motifs is 1. The first-order chi connectivity index (χ1) is 15.6. The summed E-state index contributed by atoms with van der Waals surface area (Å²) in [6.45, 7) is 6.52. The van der Waals surface area contributed by atoms with Gasteiger partial charge in [-0.25, -0.2) is 4.68 Å². The van der Waals surface area contributed by atoms with Gasteiger partial charge >= 0.3 is 0 Å². The van der Waals surface area contributed by atoms with E-state index in [1.54, 1.807) is 4.68 Å². The van der Waals surface area contributed by atoms with E-state index in [9.17, 15) is 4.79 Å². The molecule has 0 saturated carbocycles. The molecule has 5 rings (SSSR count). The molecule has 0 aliphatic carbocycles. The smallest absolute Gasteiger partial charge is 0.254 e. The molecule has 4 aromatic rings. The van der Waals surface area contributed by atoms with Gasteiger partial charge in [0.05, 0.1) is 22.8 Å². The van der Waals surface area contributed by atoms with Crippen molar-refractivity contribution in [3.05, 3.63) is 82.3 Å². The van der Waals surface area contributed by atoms with Crippen molar-refractivity contribution in [3.8, 4) is 5.69 Å². The van der Waals surface area contributed by atoms with Crippen LogP contribution in [0.5, 0.6) is 0 Å². The first-order valence-electron chi connectivity index (χ1n) is 11.0. The largest absolute Gasteiger partial charge is 0.379 e. The van der Waals surface area contributed by atoms with Crippen molar-refractivity contribution in [1.82, 2.24) is 19.7 Å². The molecule has 3 heterocycles. The van der Waals surface area contributed by atoms with E-state index in [1.807, 2.05) is 49.4 Å². The third-order valence-electron chi connectivity index (χ3n) is 6.17. The van der Waals surface area contributed by atoms with Gasteiger partial charge in [0, 0.05) is 43.7 Å². The van der Waals surface area contributed by atoms with Crippen LogP contribution in [0.25, 0.3) is 16.7 Å². The molecule has 1 saturated heterocycles. The van der Waals surface area contributed by atoms with Gasteiger partial charge in [-0.3, -0.25) is 4.79 Å². The minimum atomic E-state index is -0.0980. The van der Waals surface area contributed by atoms with Gasteiger partial charge in [-0.1, -0.05) is 30.3 Å². The number of hydrogen-bond donors (Lipinski definition) is 2. The zero-order valence-corrected chi connectivity index (χ0v) is 18.5. The lowest BCUT2D eigenvalue weighted by Gasteiger charge is -2.35. The fourth-order valence-corrected chi connectivity index (χ4v) is 4.28. The molecule has 1 aliphatic rings. The zero-order valence-electron chi connectivity index (χ0n) is 18.5. The average molecular weight is 429 g/mol. The lowest BCUT2D eigenvalue weighted by Crippen LogP contribution is -2.44. The highest BCUT2D eigenvalue weighted by Gasteiger charge is 2.17. The Kier molecular flexibility index (Phi) is 5.41. The maximum Gasteiger partial charge on any atom is 0.254 e. The molecule has 7 heteroatoms. The molecule has 0 bridgehead atoms. The van der Waals surface area contributed by atoms with Crippen LogP contribution in [-0.2, 0) is 6.54 Å². The quantitative estimate of drug-likeness (QED) is 0.510. The van der Waals surface area contributed by atoms with Crippen LogP contribution in [-0.4, -0.2) is 52.9 Å². The Hall–Kier alpha value is -3.58. The van der Waals surface area contributed by atoms with E-state index in [0.717, 1.165) is 54.3 Å². The van der Waals surface area contributed by atoms with E-state index < -0.39 is 0 Å². The van der Waals surface area contributed by atoms with Gasteiger partial charge in [0.2, 0.25) is 0 Å². The molecule has 2 aromatic heterocycles. The summed E-state index contributed by atoms with van der Waals surface area (Å²) in [7, 11) is 2.16. The number of anilines is 2. The van der Waals surface area contributed by atoms with Gasteiger partial charge in [-0.05, 0) is 44.3 Å². The van der Waals surface area contributed by atoms with E-state index >= 15 is 0 Å². The number of likely N-dealkylation sites (N-methyl/N-ethyl adjacent to an activating group) is 1. The Morgan fingerprint density at radius 2 is 1.72 bits per heavy atom. The Labute approximate surface area is 187 Å². The van der Waals surface area contributed by atoms with Crippen molar-refractivity contribution >= 4 is 22.4 Å². The molecule has 32 heavy (non-hydrogen) atoms. The van der Waals surface area contributed by atoms with E-state index in [4.69, 9.17) is 0 Å². The van der Waals surface area contributed by atoms with Crippen LogP contribution in [0.4, 0.5) is 11.4 Å². The second kappa shape index (κ2) is 8.51. The maximum atomic E-state index is 12.9. The number of pyridine rings is 1. The van der Waals surface area contributed by atoms with E-state index in [1.165, 1.54) is 5.69 Å². The maximum absolute atomic E-state index is 12.9. The number of aryl methyl sites for hydroxylation is 1. The van der Waals surface area contributed by atoms with Crippen LogP contribution in [0.3, 0.4) is 0 Å². The summed E-state index contributed by atoms with van der Waals surface area (Å²) < 4.78 is 1.80. The molecule has 2 N–H and O–H groups in total.